The molecule has 2 rings (SSSR count). The number of rotatable bonds is 6. The fraction of sp³-hybridized carbons (Fsp3) is 0.222. The lowest BCUT2D eigenvalue weighted by molar-refractivity contribution is -0.114. The molecule has 0 saturated carbocycles. The lowest BCUT2D eigenvalue weighted by Crippen LogP contribution is -2.34. The van der Waals surface area contributed by atoms with Crippen molar-refractivity contribution < 1.29 is 30.0 Å². The Balaban J connectivity index is 0.00000338. The Morgan fingerprint density at radius 2 is 1.85 bits per heavy atom. The Labute approximate surface area is 150 Å². The topological polar surface area (TPSA) is 131 Å². The van der Waals surface area contributed by atoms with E-state index in [4.69, 9.17) is 4.74 Å². The fourth-order valence-electron chi connectivity index (χ4n) is 2.24. The number of benzene rings is 2. The number of nitrogens with zero attached hydrogens (tertiary/aromatic N) is 1. The quantitative estimate of drug-likeness (QED) is 0.719. The minimum atomic E-state index is -0.694. The van der Waals surface area contributed by atoms with Gasteiger partial charge in [0.15, 0.2) is 0 Å². The number of carbonyl (C=O) groups excluding carboxylic acids is 2. The molecule has 140 valence electrons. The number of aromatic hydroxyl groups is 1. The van der Waals surface area contributed by atoms with Crippen molar-refractivity contribution in [2.24, 2.45) is 0 Å². The molecule has 8 heteroatoms. The molecular formula is C18H22N2O6. The van der Waals surface area contributed by atoms with Crippen molar-refractivity contribution in [2.75, 3.05) is 23.4 Å². The molecule has 26 heavy (non-hydrogen) atoms. The first-order chi connectivity index (χ1) is 12.0. The second-order valence-corrected chi connectivity index (χ2v) is 5.30. The van der Waals surface area contributed by atoms with Crippen LogP contribution in [0.15, 0.2) is 48.5 Å². The van der Waals surface area contributed by atoms with Crippen molar-refractivity contribution in [2.45, 2.75) is 13.5 Å². The first-order valence-corrected chi connectivity index (χ1v) is 7.71. The maximum Gasteiger partial charge on any atom is 0.414 e. The Morgan fingerprint density at radius 1 is 1.15 bits per heavy atom. The molecule has 0 bridgehead atoms. The van der Waals surface area contributed by atoms with Crippen molar-refractivity contribution in [3.05, 3.63) is 54.1 Å². The number of nitrogens with one attached hydrogen (secondary N) is 1. The van der Waals surface area contributed by atoms with E-state index in [-0.39, 0.29) is 42.6 Å². The van der Waals surface area contributed by atoms with E-state index in [0.29, 0.717) is 5.69 Å². The molecule has 0 radical (unpaired) electrons. The first kappa shape index (κ1) is 20.9. The van der Waals surface area contributed by atoms with Crippen LogP contribution in [-0.2, 0) is 16.1 Å². The Morgan fingerprint density at radius 3 is 2.42 bits per heavy atom. The molecule has 2 amide bonds. The Hall–Kier alpha value is -3.10. The molecule has 0 spiro atoms. The van der Waals surface area contributed by atoms with Gasteiger partial charge in [0, 0.05) is 18.7 Å². The molecule has 0 heterocycles. The van der Waals surface area contributed by atoms with E-state index in [0.717, 1.165) is 10.5 Å². The van der Waals surface area contributed by atoms with Crippen LogP contribution in [0.5, 0.6) is 5.75 Å². The number of phenols is 1. The van der Waals surface area contributed by atoms with Crippen LogP contribution in [0.4, 0.5) is 16.2 Å². The standard InChI is InChI=1S/C18H20N2O5.H2O/c1-13(22)19-15-7-8-16(17(23)11-15)20(9-10-21)18(24)25-12-14-5-3-2-4-6-14;/h2-8,11,21,23H,9-10,12H2,1H3,(H,19,22);1H2. The highest BCUT2D eigenvalue weighted by Gasteiger charge is 2.20. The summed E-state index contributed by atoms with van der Waals surface area (Å²) in [5.74, 6) is -0.488. The number of carbonyl (C=O) groups is 2. The van der Waals surface area contributed by atoms with E-state index < -0.39 is 6.09 Å². The Kier molecular flexibility index (Phi) is 8.07. The van der Waals surface area contributed by atoms with E-state index in [1.807, 2.05) is 30.3 Å². The van der Waals surface area contributed by atoms with E-state index in [1.54, 1.807) is 6.07 Å². The van der Waals surface area contributed by atoms with Gasteiger partial charge in [-0.15, -0.1) is 0 Å². The molecule has 0 atom stereocenters. The van der Waals surface area contributed by atoms with Crippen molar-refractivity contribution in [1.82, 2.24) is 0 Å². The monoisotopic (exact) mass is 362 g/mol. The maximum absolute atomic E-state index is 12.3. The summed E-state index contributed by atoms with van der Waals surface area (Å²) < 4.78 is 5.24. The van der Waals surface area contributed by atoms with E-state index in [2.05, 4.69) is 5.32 Å². The van der Waals surface area contributed by atoms with E-state index in [1.165, 1.54) is 19.1 Å². The molecule has 0 fully saturated rings. The van der Waals surface area contributed by atoms with Crippen LogP contribution in [0.25, 0.3) is 0 Å². The predicted molar refractivity (Wildman–Crippen MR) is 97.1 cm³/mol. The van der Waals surface area contributed by atoms with Crippen molar-refractivity contribution in [3.63, 3.8) is 0 Å². The molecule has 0 unspecified atom stereocenters. The highest BCUT2D eigenvalue weighted by molar-refractivity contribution is 5.92. The number of amides is 2. The van der Waals surface area contributed by atoms with Gasteiger partial charge >= 0.3 is 6.09 Å². The molecule has 0 aromatic heterocycles. The summed E-state index contributed by atoms with van der Waals surface area (Å²) in [6.45, 7) is 1.09. The zero-order valence-corrected chi connectivity index (χ0v) is 14.3. The number of phenolic OH excluding ortho intramolecular Hbond substituents is 1. The minimum Gasteiger partial charge on any atom is -0.506 e. The smallest absolute Gasteiger partial charge is 0.414 e. The average molecular weight is 362 g/mol. The number of hydrogen-bond donors (Lipinski definition) is 3. The van der Waals surface area contributed by atoms with Gasteiger partial charge in [-0.1, -0.05) is 30.3 Å². The molecular weight excluding hydrogens is 340 g/mol. The summed E-state index contributed by atoms with van der Waals surface area (Å²) in [6, 6.07) is 13.5. The van der Waals surface area contributed by atoms with Crippen LogP contribution < -0.4 is 10.2 Å². The molecule has 2 aromatic rings. The number of ether oxygens (including phenoxy) is 1. The van der Waals surface area contributed by atoms with Gasteiger partial charge in [0.25, 0.3) is 0 Å². The van der Waals surface area contributed by atoms with Crippen molar-refractivity contribution >= 4 is 23.4 Å². The normalized spacial score (nSPS) is 9.77. The summed E-state index contributed by atoms with van der Waals surface area (Å²) in [5.41, 5.74) is 1.40. The van der Waals surface area contributed by atoms with Gasteiger partial charge in [-0.2, -0.15) is 0 Å². The summed E-state index contributed by atoms with van der Waals surface area (Å²) in [6.07, 6.45) is -0.694. The SMILES string of the molecule is CC(=O)Nc1ccc(N(CCO)C(=O)OCc2ccccc2)c(O)c1.O. The third-order valence-electron chi connectivity index (χ3n) is 3.34. The number of anilines is 2. The van der Waals surface area contributed by atoms with Gasteiger partial charge in [-0.05, 0) is 17.7 Å². The molecule has 0 saturated heterocycles. The predicted octanol–water partition coefficient (Wildman–Crippen LogP) is 1.66. The van der Waals surface area contributed by atoms with Crippen molar-refractivity contribution in [1.29, 1.82) is 0 Å². The molecule has 2 aromatic carbocycles. The van der Waals surface area contributed by atoms with Gasteiger partial charge in [-0.3, -0.25) is 9.69 Å². The summed E-state index contributed by atoms with van der Waals surface area (Å²) in [4.78, 5) is 24.5. The average Bonchev–Trinajstić information content (AvgIpc) is 2.59. The van der Waals surface area contributed by atoms with Gasteiger partial charge in [0.1, 0.15) is 12.4 Å². The molecule has 0 aliphatic carbocycles. The molecule has 5 N–H and O–H groups in total. The van der Waals surface area contributed by atoms with E-state index in [9.17, 15) is 19.8 Å². The van der Waals surface area contributed by atoms with Crippen LogP contribution in [0.2, 0.25) is 0 Å². The molecule has 0 aliphatic heterocycles. The number of hydrogen-bond acceptors (Lipinski definition) is 5. The van der Waals surface area contributed by atoms with Crippen LogP contribution in [0, 0.1) is 0 Å². The largest absolute Gasteiger partial charge is 0.506 e. The van der Waals surface area contributed by atoms with Gasteiger partial charge in [0.05, 0.1) is 18.8 Å². The third-order valence-corrected chi connectivity index (χ3v) is 3.34. The second kappa shape index (κ2) is 10.0. The van der Waals surface area contributed by atoms with Crippen LogP contribution >= 0.6 is 0 Å². The van der Waals surface area contributed by atoms with Crippen LogP contribution in [-0.4, -0.2) is 40.8 Å². The lowest BCUT2D eigenvalue weighted by Gasteiger charge is -2.22. The maximum atomic E-state index is 12.3. The Bertz CT molecular complexity index is 736. The van der Waals surface area contributed by atoms with Crippen molar-refractivity contribution in [3.8, 4) is 5.75 Å². The molecule has 8 nitrogen and oxygen atoms in total. The third kappa shape index (κ3) is 5.76. The summed E-state index contributed by atoms with van der Waals surface area (Å²) >= 11 is 0. The van der Waals surface area contributed by atoms with Gasteiger partial charge in [0.2, 0.25) is 5.91 Å². The second-order valence-electron chi connectivity index (χ2n) is 5.30. The van der Waals surface area contributed by atoms with Gasteiger partial charge in [-0.25, -0.2) is 4.79 Å². The number of aliphatic hydroxyl groups excluding tert-OH is 1. The molecule has 0 aliphatic rings. The lowest BCUT2D eigenvalue weighted by atomic mass is 10.2. The first-order valence-electron chi connectivity index (χ1n) is 7.71. The number of aliphatic hydroxyl groups is 1. The highest BCUT2D eigenvalue weighted by atomic mass is 16.6. The summed E-state index contributed by atoms with van der Waals surface area (Å²) in [5, 5.41) is 21.9. The van der Waals surface area contributed by atoms with Crippen LogP contribution in [0.3, 0.4) is 0 Å². The van der Waals surface area contributed by atoms with Crippen LogP contribution in [0.1, 0.15) is 12.5 Å². The minimum absolute atomic E-state index is 0. The highest BCUT2D eigenvalue weighted by Crippen LogP contribution is 2.30. The van der Waals surface area contributed by atoms with Gasteiger partial charge < -0.3 is 25.7 Å². The fourth-order valence-corrected chi connectivity index (χ4v) is 2.24. The summed E-state index contributed by atoms with van der Waals surface area (Å²) in [7, 11) is 0. The van der Waals surface area contributed by atoms with E-state index >= 15 is 0 Å². The zero-order valence-electron chi connectivity index (χ0n) is 14.3. The zero-order chi connectivity index (χ0) is 18.2.